The van der Waals surface area contributed by atoms with Crippen LogP contribution in [-0.4, -0.2) is 10.1 Å². The molecule has 1 aliphatic rings. The molecule has 19 heavy (non-hydrogen) atoms. The van der Waals surface area contributed by atoms with Crippen molar-refractivity contribution in [3.05, 3.63) is 42.2 Å². The summed E-state index contributed by atoms with van der Waals surface area (Å²) in [6.45, 7) is 2.31. The molecule has 1 aliphatic carbocycles. The van der Waals surface area contributed by atoms with Gasteiger partial charge in [-0.05, 0) is 41.7 Å². The minimum atomic E-state index is -0.335. The molecule has 1 heterocycles. The maximum atomic E-state index is 10.7. The minimum Gasteiger partial charge on any atom is -0.388 e. The average molecular weight is 255 g/mol. The van der Waals surface area contributed by atoms with E-state index in [9.17, 15) is 5.11 Å². The number of aliphatic hydroxyl groups excluding tert-OH is 1. The van der Waals surface area contributed by atoms with Crippen molar-refractivity contribution in [2.45, 2.75) is 38.7 Å². The molecule has 0 radical (unpaired) electrons. The zero-order chi connectivity index (χ0) is 13.2. The SMILES string of the molecule is CC1CCC(C(O)c2cccc3cnccc23)CC1. The summed E-state index contributed by atoms with van der Waals surface area (Å²) >= 11 is 0. The second-order valence-corrected chi connectivity index (χ2v) is 5.91. The molecular formula is C17H21NO. The first-order valence-corrected chi connectivity index (χ1v) is 7.26. The molecule has 100 valence electrons. The summed E-state index contributed by atoms with van der Waals surface area (Å²) < 4.78 is 0. The van der Waals surface area contributed by atoms with Crippen LogP contribution >= 0.6 is 0 Å². The molecule has 0 spiro atoms. The molecule has 1 N–H and O–H groups in total. The fraction of sp³-hybridized carbons (Fsp3) is 0.471. The van der Waals surface area contributed by atoms with Gasteiger partial charge in [-0.3, -0.25) is 4.98 Å². The number of hydrogen-bond donors (Lipinski definition) is 1. The monoisotopic (exact) mass is 255 g/mol. The Hall–Kier alpha value is -1.41. The van der Waals surface area contributed by atoms with Crippen molar-refractivity contribution >= 4 is 10.8 Å². The molecule has 0 saturated heterocycles. The number of pyridine rings is 1. The Morgan fingerprint density at radius 3 is 2.74 bits per heavy atom. The number of fused-ring (bicyclic) bond motifs is 1. The predicted octanol–water partition coefficient (Wildman–Crippen LogP) is 4.09. The fourth-order valence-electron chi connectivity index (χ4n) is 3.26. The summed E-state index contributed by atoms with van der Waals surface area (Å²) in [5.41, 5.74) is 1.07. The number of benzene rings is 1. The Labute approximate surface area is 114 Å². The van der Waals surface area contributed by atoms with E-state index in [2.05, 4.69) is 24.0 Å². The molecule has 1 aromatic carbocycles. The van der Waals surface area contributed by atoms with E-state index in [0.29, 0.717) is 5.92 Å². The van der Waals surface area contributed by atoms with Gasteiger partial charge >= 0.3 is 0 Å². The van der Waals surface area contributed by atoms with Crippen LogP contribution in [0.15, 0.2) is 36.7 Å². The number of rotatable bonds is 2. The van der Waals surface area contributed by atoms with E-state index in [1.165, 1.54) is 12.8 Å². The molecule has 2 nitrogen and oxygen atoms in total. The van der Waals surface area contributed by atoms with Gasteiger partial charge in [0, 0.05) is 17.8 Å². The Bertz CT molecular complexity index is 553. The topological polar surface area (TPSA) is 33.1 Å². The lowest BCUT2D eigenvalue weighted by Crippen LogP contribution is -2.19. The number of nitrogens with zero attached hydrogens (tertiary/aromatic N) is 1. The molecule has 0 bridgehead atoms. The second-order valence-electron chi connectivity index (χ2n) is 5.91. The van der Waals surface area contributed by atoms with Crippen LogP contribution in [-0.2, 0) is 0 Å². The Morgan fingerprint density at radius 1 is 1.16 bits per heavy atom. The molecule has 1 aromatic heterocycles. The number of aliphatic hydroxyl groups is 1. The quantitative estimate of drug-likeness (QED) is 0.876. The first kappa shape index (κ1) is 12.6. The van der Waals surface area contributed by atoms with E-state index in [-0.39, 0.29) is 6.10 Å². The van der Waals surface area contributed by atoms with Crippen molar-refractivity contribution in [2.75, 3.05) is 0 Å². The van der Waals surface area contributed by atoms with Gasteiger partial charge in [0.15, 0.2) is 0 Å². The van der Waals surface area contributed by atoms with Crippen molar-refractivity contribution in [3.8, 4) is 0 Å². The summed E-state index contributed by atoms with van der Waals surface area (Å²) in [6.07, 6.45) is 8.12. The molecule has 2 aromatic rings. The third-order valence-corrected chi connectivity index (χ3v) is 4.54. The van der Waals surface area contributed by atoms with Gasteiger partial charge in [0.2, 0.25) is 0 Å². The zero-order valence-electron chi connectivity index (χ0n) is 11.4. The summed E-state index contributed by atoms with van der Waals surface area (Å²) in [4.78, 5) is 4.15. The summed E-state index contributed by atoms with van der Waals surface area (Å²) in [6, 6.07) is 8.15. The van der Waals surface area contributed by atoms with Crippen LogP contribution in [0, 0.1) is 11.8 Å². The van der Waals surface area contributed by atoms with Crippen LogP contribution in [0.25, 0.3) is 10.8 Å². The van der Waals surface area contributed by atoms with E-state index in [1.54, 1.807) is 0 Å². The zero-order valence-corrected chi connectivity index (χ0v) is 11.4. The highest BCUT2D eigenvalue weighted by molar-refractivity contribution is 5.85. The van der Waals surface area contributed by atoms with Crippen molar-refractivity contribution in [3.63, 3.8) is 0 Å². The molecule has 1 unspecified atom stereocenters. The van der Waals surface area contributed by atoms with E-state index in [1.807, 2.05) is 24.5 Å². The first-order valence-electron chi connectivity index (χ1n) is 7.26. The highest BCUT2D eigenvalue weighted by Crippen LogP contribution is 2.38. The average Bonchev–Trinajstić information content (AvgIpc) is 2.47. The van der Waals surface area contributed by atoms with E-state index >= 15 is 0 Å². The Balaban J connectivity index is 1.91. The second kappa shape index (κ2) is 5.30. The van der Waals surface area contributed by atoms with E-state index in [0.717, 1.165) is 35.1 Å². The molecule has 2 heteroatoms. The predicted molar refractivity (Wildman–Crippen MR) is 77.8 cm³/mol. The lowest BCUT2D eigenvalue weighted by molar-refractivity contribution is 0.0767. The lowest BCUT2D eigenvalue weighted by atomic mass is 9.78. The van der Waals surface area contributed by atoms with Crippen LogP contribution in [0.4, 0.5) is 0 Å². The highest BCUT2D eigenvalue weighted by Gasteiger charge is 2.26. The van der Waals surface area contributed by atoms with Crippen LogP contribution in [0.2, 0.25) is 0 Å². The molecule has 1 fully saturated rings. The van der Waals surface area contributed by atoms with Crippen LogP contribution < -0.4 is 0 Å². The van der Waals surface area contributed by atoms with E-state index in [4.69, 9.17) is 0 Å². The third-order valence-electron chi connectivity index (χ3n) is 4.54. The molecule has 1 atom stereocenters. The van der Waals surface area contributed by atoms with Crippen LogP contribution in [0.5, 0.6) is 0 Å². The largest absolute Gasteiger partial charge is 0.388 e. The maximum absolute atomic E-state index is 10.7. The minimum absolute atomic E-state index is 0.335. The van der Waals surface area contributed by atoms with Gasteiger partial charge in [-0.2, -0.15) is 0 Å². The molecule has 0 aliphatic heterocycles. The van der Waals surface area contributed by atoms with E-state index < -0.39 is 0 Å². The van der Waals surface area contributed by atoms with Crippen LogP contribution in [0.3, 0.4) is 0 Å². The third kappa shape index (κ3) is 2.50. The number of hydrogen-bond acceptors (Lipinski definition) is 2. The molecule has 3 rings (SSSR count). The Kier molecular flexibility index (Phi) is 3.52. The number of aromatic nitrogens is 1. The van der Waals surface area contributed by atoms with Crippen molar-refractivity contribution < 1.29 is 5.11 Å². The fourth-order valence-corrected chi connectivity index (χ4v) is 3.26. The Morgan fingerprint density at radius 2 is 1.95 bits per heavy atom. The van der Waals surface area contributed by atoms with Crippen molar-refractivity contribution in [1.29, 1.82) is 0 Å². The molecule has 1 saturated carbocycles. The highest BCUT2D eigenvalue weighted by atomic mass is 16.3. The smallest absolute Gasteiger partial charge is 0.0824 e. The normalized spacial score (nSPS) is 25.4. The maximum Gasteiger partial charge on any atom is 0.0824 e. The molecular weight excluding hydrogens is 234 g/mol. The van der Waals surface area contributed by atoms with Gasteiger partial charge in [0.1, 0.15) is 0 Å². The summed E-state index contributed by atoms with van der Waals surface area (Å²) in [7, 11) is 0. The summed E-state index contributed by atoms with van der Waals surface area (Å²) in [5, 5.41) is 13.0. The lowest BCUT2D eigenvalue weighted by Gasteiger charge is -2.30. The van der Waals surface area contributed by atoms with Crippen LogP contribution in [0.1, 0.15) is 44.3 Å². The van der Waals surface area contributed by atoms with Gasteiger partial charge in [-0.15, -0.1) is 0 Å². The van der Waals surface area contributed by atoms with Gasteiger partial charge in [-0.1, -0.05) is 38.0 Å². The van der Waals surface area contributed by atoms with Crippen molar-refractivity contribution in [2.24, 2.45) is 11.8 Å². The van der Waals surface area contributed by atoms with Crippen molar-refractivity contribution in [1.82, 2.24) is 4.98 Å². The molecule has 0 amide bonds. The first-order chi connectivity index (χ1) is 9.25. The van der Waals surface area contributed by atoms with Gasteiger partial charge in [-0.25, -0.2) is 0 Å². The van der Waals surface area contributed by atoms with Gasteiger partial charge < -0.3 is 5.11 Å². The van der Waals surface area contributed by atoms with Gasteiger partial charge in [0.25, 0.3) is 0 Å². The standard InChI is InChI=1S/C17H21NO/c1-12-5-7-13(8-6-12)17(19)16-4-2-3-14-11-18-10-9-15(14)16/h2-4,9-13,17,19H,5-8H2,1H3. The van der Waals surface area contributed by atoms with Gasteiger partial charge in [0.05, 0.1) is 6.10 Å². The summed E-state index contributed by atoms with van der Waals surface area (Å²) in [5.74, 6) is 1.23.